The Kier molecular flexibility index (Phi) is 4.37. The molecule has 2 aromatic rings. The summed E-state index contributed by atoms with van der Waals surface area (Å²) < 4.78 is 29.0. The van der Waals surface area contributed by atoms with Gasteiger partial charge in [0, 0.05) is 41.3 Å². The summed E-state index contributed by atoms with van der Waals surface area (Å²) in [6.07, 6.45) is 1.91. The van der Waals surface area contributed by atoms with E-state index < -0.39 is 11.6 Å². The van der Waals surface area contributed by atoms with Crippen molar-refractivity contribution in [3.05, 3.63) is 45.7 Å². The summed E-state index contributed by atoms with van der Waals surface area (Å²) in [5, 5.41) is 7.47. The van der Waals surface area contributed by atoms with E-state index in [1.165, 1.54) is 6.07 Å². The normalized spacial score (nSPS) is 11.8. The lowest BCUT2D eigenvalue weighted by molar-refractivity contribution is 0.548. The molecule has 0 fully saturated rings. The number of aromatic nitrogens is 2. The third kappa shape index (κ3) is 3.61. The molecule has 1 N–H and O–H groups in total. The molecule has 0 unspecified atom stereocenters. The Labute approximate surface area is 131 Å². The molecule has 3 nitrogen and oxygen atoms in total. The van der Waals surface area contributed by atoms with E-state index in [0.29, 0.717) is 11.0 Å². The maximum Gasteiger partial charge on any atom is 0.150 e. The number of aryl methyl sites for hydroxylation is 1. The van der Waals surface area contributed by atoms with Gasteiger partial charge in [-0.25, -0.2) is 8.78 Å². The molecule has 0 aliphatic heterocycles. The molecule has 0 aliphatic carbocycles. The van der Waals surface area contributed by atoms with Crippen molar-refractivity contribution in [1.29, 1.82) is 0 Å². The van der Waals surface area contributed by atoms with Gasteiger partial charge in [0.15, 0.2) is 0 Å². The highest BCUT2D eigenvalue weighted by molar-refractivity contribution is 9.10. The molecule has 2 rings (SSSR count). The van der Waals surface area contributed by atoms with E-state index in [-0.39, 0.29) is 11.1 Å². The first kappa shape index (κ1) is 15.9. The van der Waals surface area contributed by atoms with Crippen molar-refractivity contribution in [2.75, 3.05) is 5.32 Å². The molecule has 0 saturated carbocycles. The zero-order valence-corrected chi connectivity index (χ0v) is 14.1. The predicted octanol–water partition coefficient (Wildman–Crippen LogP) is 4.37. The van der Waals surface area contributed by atoms with Crippen LogP contribution in [0.1, 0.15) is 32.0 Å². The lowest BCUT2D eigenvalue weighted by atomic mass is 9.89. The third-order valence-electron chi connectivity index (χ3n) is 3.08. The second-order valence-corrected chi connectivity index (χ2v) is 6.88. The molecule has 0 atom stereocenters. The maximum atomic E-state index is 13.8. The average Bonchev–Trinajstić information content (AvgIpc) is 2.69. The molecule has 0 amide bonds. The van der Waals surface area contributed by atoms with Gasteiger partial charge in [0.2, 0.25) is 0 Å². The van der Waals surface area contributed by atoms with Gasteiger partial charge in [-0.1, -0.05) is 20.8 Å². The summed E-state index contributed by atoms with van der Waals surface area (Å²) in [6.45, 7) is 6.65. The van der Waals surface area contributed by atoms with Crippen LogP contribution in [0.2, 0.25) is 0 Å². The monoisotopic (exact) mass is 357 g/mol. The van der Waals surface area contributed by atoms with Gasteiger partial charge in [-0.05, 0) is 22.0 Å². The van der Waals surface area contributed by atoms with Crippen molar-refractivity contribution in [2.45, 2.75) is 32.7 Å². The summed E-state index contributed by atoms with van der Waals surface area (Å²) in [6, 6.07) is 2.10. The fraction of sp³-hybridized carbons (Fsp3) is 0.400. The highest BCUT2D eigenvalue weighted by Gasteiger charge is 2.22. The summed E-state index contributed by atoms with van der Waals surface area (Å²) in [7, 11) is 1.85. The van der Waals surface area contributed by atoms with Crippen molar-refractivity contribution in [1.82, 2.24) is 9.78 Å². The van der Waals surface area contributed by atoms with E-state index in [2.05, 4.69) is 47.1 Å². The molecule has 0 bridgehead atoms. The molecule has 1 aromatic carbocycles. The lowest BCUT2D eigenvalue weighted by Gasteiger charge is -2.18. The fourth-order valence-electron chi connectivity index (χ4n) is 2.19. The van der Waals surface area contributed by atoms with E-state index in [4.69, 9.17) is 0 Å². The number of anilines is 1. The van der Waals surface area contributed by atoms with E-state index in [9.17, 15) is 8.78 Å². The van der Waals surface area contributed by atoms with Gasteiger partial charge < -0.3 is 5.32 Å². The van der Waals surface area contributed by atoms with Crippen LogP contribution >= 0.6 is 15.9 Å². The lowest BCUT2D eigenvalue weighted by Crippen LogP contribution is -2.16. The minimum Gasteiger partial charge on any atom is -0.378 e. The molecule has 0 radical (unpaired) electrons. The standard InChI is InChI=1S/C15H18BrF2N3/c1-15(2,3)14-9(8-21(4)20-14)7-19-13-11(16)5-10(17)6-12(13)18/h5-6,8,19H,7H2,1-4H3. The van der Waals surface area contributed by atoms with Crippen LogP contribution in [0.3, 0.4) is 0 Å². The first-order valence-corrected chi connectivity index (χ1v) is 7.39. The predicted molar refractivity (Wildman–Crippen MR) is 83.3 cm³/mol. The molecule has 114 valence electrons. The van der Waals surface area contributed by atoms with Gasteiger partial charge in [-0.3, -0.25) is 4.68 Å². The van der Waals surface area contributed by atoms with Crippen LogP contribution < -0.4 is 5.32 Å². The van der Waals surface area contributed by atoms with Crippen LogP contribution in [-0.4, -0.2) is 9.78 Å². The molecule has 0 saturated heterocycles. The van der Waals surface area contributed by atoms with E-state index in [1.807, 2.05) is 13.2 Å². The van der Waals surface area contributed by atoms with Crippen LogP contribution in [0.5, 0.6) is 0 Å². The van der Waals surface area contributed by atoms with Crippen molar-refractivity contribution < 1.29 is 8.78 Å². The van der Waals surface area contributed by atoms with Gasteiger partial charge >= 0.3 is 0 Å². The highest BCUT2D eigenvalue weighted by atomic mass is 79.9. The Hall–Kier alpha value is -1.43. The summed E-state index contributed by atoms with van der Waals surface area (Å²) in [5.74, 6) is -1.23. The Morgan fingerprint density at radius 2 is 1.95 bits per heavy atom. The van der Waals surface area contributed by atoms with Crippen LogP contribution in [-0.2, 0) is 19.0 Å². The second kappa shape index (κ2) is 5.75. The van der Waals surface area contributed by atoms with Gasteiger partial charge in [0.25, 0.3) is 0 Å². The van der Waals surface area contributed by atoms with E-state index in [1.54, 1.807) is 4.68 Å². The largest absolute Gasteiger partial charge is 0.378 e. The number of hydrogen-bond acceptors (Lipinski definition) is 2. The number of halogens is 3. The van der Waals surface area contributed by atoms with Crippen LogP contribution in [0.25, 0.3) is 0 Å². The van der Waals surface area contributed by atoms with Crippen molar-refractivity contribution in [3.63, 3.8) is 0 Å². The second-order valence-electron chi connectivity index (χ2n) is 6.02. The van der Waals surface area contributed by atoms with Crippen LogP contribution in [0.15, 0.2) is 22.8 Å². The first-order chi connectivity index (χ1) is 9.68. The van der Waals surface area contributed by atoms with Crippen molar-refractivity contribution in [3.8, 4) is 0 Å². The zero-order valence-electron chi connectivity index (χ0n) is 12.5. The molecule has 6 heteroatoms. The van der Waals surface area contributed by atoms with Crippen molar-refractivity contribution >= 4 is 21.6 Å². The number of nitrogens with zero attached hydrogens (tertiary/aromatic N) is 2. The minimum absolute atomic E-state index is 0.100. The molecule has 21 heavy (non-hydrogen) atoms. The molecule has 1 heterocycles. The van der Waals surface area contributed by atoms with Crippen LogP contribution in [0.4, 0.5) is 14.5 Å². The molecular weight excluding hydrogens is 340 g/mol. The maximum absolute atomic E-state index is 13.8. The SMILES string of the molecule is Cn1cc(CNc2c(F)cc(F)cc2Br)c(C(C)(C)C)n1. The fourth-order valence-corrected chi connectivity index (χ4v) is 2.74. The molecule has 0 aliphatic rings. The average molecular weight is 358 g/mol. The molecule has 0 spiro atoms. The minimum atomic E-state index is -0.622. The zero-order chi connectivity index (χ0) is 15.8. The Bertz CT molecular complexity index is 636. The Morgan fingerprint density at radius 1 is 1.29 bits per heavy atom. The van der Waals surface area contributed by atoms with Gasteiger partial charge in [0.1, 0.15) is 11.6 Å². The first-order valence-electron chi connectivity index (χ1n) is 6.60. The number of benzene rings is 1. The summed E-state index contributed by atoms with van der Waals surface area (Å²) >= 11 is 3.17. The summed E-state index contributed by atoms with van der Waals surface area (Å²) in [5.41, 5.74) is 2.09. The Balaban J connectivity index is 2.25. The topological polar surface area (TPSA) is 29.9 Å². The molecule has 1 aromatic heterocycles. The van der Waals surface area contributed by atoms with Gasteiger partial charge in [0.05, 0.1) is 11.4 Å². The quantitative estimate of drug-likeness (QED) is 0.883. The number of hydrogen-bond donors (Lipinski definition) is 1. The Morgan fingerprint density at radius 3 is 2.52 bits per heavy atom. The van der Waals surface area contributed by atoms with E-state index in [0.717, 1.165) is 17.3 Å². The van der Waals surface area contributed by atoms with Crippen molar-refractivity contribution in [2.24, 2.45) is 7.05 Å². The number of rotatable bonds is 3. The number of nitrogens with one attached hydrogen (secondary N) is 1. The molecular formula is C15H18BrF2N3. The highest BCUT2D eigenvalue weighted by Crippen LogP contribution is 2.29. The third-order valence-corrected chi connectivity index (χ3v) is 3.70. The van der Waals surface area contributed by atoms with Gasteiger partial charge in [-0.15, -0.1) is 0 Å². The van der Waals surface area contributed by atoms with E-state index >= 15 is 0 Å². The van der Waals surface area contributed by atoms with Gasteiger partial charge in [-0.2, -0.15) is 5.10 Å². The smallest absolute Gasteiger partial charge is 0.150 e. The van der Waals surface area contributed by atoms with Crippen LogP contribution in [0, 0.1) is 11.6 Å². The summed E-state index contributed by atoms with van der Waals surface area (Å²) in [4.78, 5) is 0.